The molecule has 0 saturated carbocycles. The van der Waals surface area contributed by atoms with Crippen LogP contribution >= 0.6 is 0 Å². The highest BCUT2D eigenvalue weighted by Gasteiger charge is 2.08. The molecular formula is C23H25N3O4. The predicted molar refractivity (Wildman–Crippen MR) is 114 cm³/mol. The van der Waals surface area contributed by atoms with E-state index in [9.17, 15) is 4.79 Å². The quantitative estimate of drug-likeness (QED) is 0.549. The molecule has 0 bridgehead atoms. The highest BCUT2D eigenvalue weighted by molar-refractivity contribution is 5.78. The van der Waals surface area contributed by atoms with Gasteiger partial charge in [-0.25, -0.2) is 0 Å². The van der Waals surface area contributed by atoms with Crippen molar-refractivity contribution >= 4 is 5.91 Å². The number of aryl methyl sites for hydroxylation is 1. The fourth-order valence-electron chi connectivity index (χ4n) is 2.86. The topological polar surface area (TPSA) is 82.6 Å². The molecular weight excluding hydrogens is 382 g/mol. The second kappa shape index (κ2) is 10.2. The number of ether oxygens (including phenoxy) is 3. The fraction of sp³-hybridized carbons (Fsp3) is 0.261. The fourth-order valence-corrected chi connectivity index (χ4v) is 2.86. The Kier molecular flexibility index (Phi) is 7.21. The first-order valence-electron chi connectivity index (χ1n) is 9.60. The largest absolute Gasteiger partial charge is 0.493 e. The first-order valence-corrected chi connectivity index (χ1v) is 9.60. The molecule has 0 atom stereocenters. The second-order valence-corrected chi connectivity index (χ2v) is 6.69. The van der Waals surface area contributed by atoms with Crippen LogP contribution in [0.4, 0.5) is 0 Å². The third-order valence-corrected chi connectivity index (χ3v) is 4.47. The predicted octanol–water partition coefficient (Wildman–Crippen LogP) is 3.21. The summed E-state index contributed by atoms with van der Waals surface area (Å²) in [5.74, 6) is 1.54. The summed E-state index contributed by atoms with van der Waals surface area (Å²) >= 11 is 0. The Morgan fingerprint density at radius 3 is 2.37 bits per heavy atom. The number of amides is 1. The van der Waals surface area contributed by atoms with Gasteiger partial charge in [0.2, 0.25) is 11.8 Å². The molecule has 0 radical (unpaired) electrons. The molecule has 3 aromatic rings. The molecule has 7 heteroatoms. The van der Waals surface area contributed by atoms with Crippen LogP contribution in [0.15, 0.2) is 54.6 Å². The maximum absolute atomic E-state index is 12.1. The average Bonchev–Trinajstić information content (AvgIpc) is 2.77. The molecule has 0 aliphatic heterocycles. The minimum absolute atomic E-state index is 0.105. The number of nitrogens with zero attached hydrogens (tertiary/aromatic N) is 2. The lowest BCUT2D eigenvalue weighted by molar-refractivity contribution is -0.120. The summed E-state index contributed by atoms with van der Waals surface area (Å²) in [6.07, 6.45) is 0.241. The van der Waals surface area contributed by atoms with Crippen molar-refractivity contribution in [1.82, 2.24) is 15.5 Å². The van der Waals surface area contributed by atoms with E-state index in [-0.39, 0.29) is 12.3 Å². The molecule has 0 aliphatic carbocycles. The van der Waals surface area contributed by atoms with Crippen LogP contribution in [0, 0.1) is 6.92 Å². The van der Waals surface area contributed by atoms with Crippen molar-refractivity contribution < 1.29 is 19.0 Å². The first-order chi connectivity index (χ1) is 14.6. The van der Waals surface area contributed by atoms with Gasteiger partial charge in [0, 0.05) is 11.6 Å². The molecule has 0 spiro atoms. The van der Waals surface area contributed by atoms with Gasteiger partial charge in [-0.2, -0.15) is 0 Å². The van der Waals surface area contributed by atoms with Gasteiger partial charge in [0.05, 0.1) is 32.9 Å². The third-order valence-electron chi connectivity index (χ3n) is 4.47. The number of carbonyl (C=O) groups excluding carboxylic acids is 1. The molecule has 0 fully saturated rings. The molecule has 1 aromatic heterocycles. The number of aromatic nitrogens is 2. The van der Waals surface area contributed by atoms with Crippen molar-refractivity contribution in [1.29, 1.82) is 0 Å². The molecule has 30 heavy (non-hydrogen) atoms. The number of benzene rings is 2. The standard InChI is InChI=1S/C23H25N3O4/c1-16-4-7-18(8-5-16)19-9-11-23(26-25-19)30-13-12-24-22(27)15-17-6-10-20(28-2)21(14-17)29-3/h4-11,14H,12-13,15H2,1-3H3,(H,24,27). The van der Waals surface area contributed by atoms with Gasteiger partial charge in [-0.3, -0.25) is 4.79 Å². The van der Waals surface area contributed by atoms with E-state index in [1.807, 2.05) is 43.3 Å². The summed E-state index contributed by atoms with van der Waals surface area (Å²) in [7, 11) is 3.14. The number of nitrogens with one attached hydrogen (secondary N) is 1. The van der Waals surface area contributed by atoms with Gasteiger partial charge in [-0.1, -0.05) is 35.9 Å². The Morgan fingerprint density at radius 2 is 1.70 bits per heavy atom. The second-order valence-electron chi connectivity index (χ2n) is 6.69. The maximum Gasteiger partial charge on any atom is 0.233 e. The summed E-state index contributed by atoms with van der Waals surface area (Å²) < 4.78 is 16.0. The highest BCUT2D eigenvalue weighted by atomic mass is 16.5. The van der Waals surface area contributed by atoms with E-state index in [1.54, 1.807) is 32.4 Å². The van der Waals surface area contributed by atoms with E-state index in [0.717, 1.165) is 16.8 Å². The third kappa shape index (κ3) is 5.70. The van der Waals surface area contributed by atoms with Gasteiger partial charge in [-0.05, 0) is 30.7 Å². The van der Waals surface area contributed by atoms with Crippen LogP contribution in [0.1, 0.15) is 11.1 Å². The summed E-state index contributed by atoms with van der Waals surface area (Å²) in [4.78, 5) is 12.1. The molecule has 1 amide bonds. The molecule has 0 unspecified atom stereocenters. The van der Waals surface area contributed by atoms with Gasteiger partial charge < -0.3 is 19.5 Å². The van der Waals surface area contributed by atoms with Crippen LogP contribution in [-0.4, -0.2) is 43.5 Å². The van der Waals surface area contributed by atoms with Crippen molar-refractivity contribution in [2.75, 3.05) is 27.4 Å². The van der Waals surface area contributed by atoms with Crippen molar-refractivity contribution in [2.45, 2.75) is 13.3 Å². The van der Waals surface area contributed by atoms with Crippen LogP contribution in [-0.2, 0) is 11.2 Å². The summed E-state index contributed by atoms with van der Waals surface area (Å²) in [5, 5.41) is 11.1. The van der Waals surface area contributed by atoms with Crippen molar-refractivity contribution in [2.24, 2.45) is 0 Å². The van der Waals surface area contributed by atoms with E-state index in [4.69, 9.17) is 14.2 Å². The monoisotopic (exact) mass is 407 g/mol. The maximum atomic E-state index is 12.1. The number of carbonyl (C=O) groups is 1. The smallest absolute Gasteiger partial charge is 0.233 e. The normalized spacial score (nSPS) is 10.4. The zero-order valence-electron chi connectivity index (χ0n) is 17.3. The molecule has 0 saturated heterocycles. The zero-order valence-corrected chi connectivity index (χ0v) is 17.3. The van der Waals surface area contributed by atoms with E-state index in [2.05, 4.69) is 15.5 Å². The van der Waals surface area contributed by atoms with Gasteiger partial charge in [0.1, 0.15) is 6.61 Å². The van der Waals surface area contributed by atoms with E-state index >= 15 is 0 Å². The SMILES string of the molecule is COc1ccc(CC(=O)NCCOc2ccc(-c3ccc(C)cc3)nn2)cc1OC. The van der Waals surface area contributed by atoms with Crippen molar-refractivity contribution in [3.05, 3.63) is 65.7 Å². The summed E-state index contributed by atoms with van der Waals surface area (Å²) in [6, 6.07) is 17.1. The molecule has 2 aromatic carbocycles. The lowest BCUT2D eigenvalue weighted by Crippen LogP contribution is -2.29. The van der Waals surface area contributed by atoms with Gasteiger partial charge in [0.25, 0.3) is 0 Å². The Balaban J connectivity index is 1.43. The van der Waals surface area contributed by atoms with Gasteiger partial charge >= 0.3 is 0 Å². The average molecular weight is 407 g/mol. The van der Waals surface area contributed by atoms with Gasteiger partial charge in [0.15, 0.2) is 11.5 Å². The Bertz CT molecular complexity index is 973. The number of rotatable bonds is 9. The van der Waals surface area contributed by atoms with E-state index in [1.165, 1.54) is 5.56 Å². The minimum atomic E-state index is -0.105. The van der Waals surface area contributed by atoms with Crippen LogP contribution in [0.2, 0.25) is 0 Å². The van der Waals surface area contributed by atoms with Crippen LogP contribution in [0.5, 0.6) is 17.4 Å². The molecule has 7 nitrogen and oxygen atoms in total. The molecule has 0 aliphatic rings. The Morgan fingerprint density at radius 1 is 0.933 bits per heavy atom. The highest BCUT2D eigenvalue weighted by Crippen LogP contribution is 2.27. The van der Waals surface area contributed by atoms with Crippen LogP contribution < -0.4 is 19.5 Å². The first kappa shape index (κ1) is 21.1. The summed E-state index contributed by atoms with van der Waals surface area (Å²) in [6.45, 7) is 2.71. The number of hydrogen-bond acceptors (Lipinski definition) is 6. The molecule has 3 rings (SSSR count). The van der Waals surface area contributed by atoms with E-state index < -0.39 is 0 Å². The lowest BCUT2D eigenvalue weighted by atomic mass is 10.1. The Hall–Kier alpha value is -3.61. The molecule has 156 valence electrons. The van der Waals surface area contributed by atoms with E-state index in [0.29, 0.717) is 30.5 Å². The molecule has 1 heterocycles. The van der Waals surface area contributed by atoms with Crippen molar-refractivity contribution in [3.8, 4) is 28.6 Å². The number of hydrogen-bond donors (Lipinski definition) is 1. The molecule has 1 N–H and O–H groups in total. The summed E-state index contributed by atoms with van der Waals surface area (Å²) in [5.41, 5.74) is 3.82. The van der Waals surface area contributed by atoms with Gasteiger partial charge in [-0.15, -0.1) is 10.2 Å². The van der Waals surface area contributed by atoms with Crippen molar-refractivity contribution in [3.63, 3.8) is 0 Å². The Labute approximate surface area is 176 Å². The van der Waals surface area contributed by atoms with Crippen LogP contribution in [0.3, 0.4) is 0 Å². The zero-order chi connectivity index (χ0) is 21.3. The minimum Gasteiger partial charge on any atom is -0.493 e. The number of methoxy groups -OCH3 is 2. The lowest BCUT2D eigenvalue weighted by Gasteiger charge is -2.10. The van der Waals surface area contributed by atoms with Crippen LogP contribution in [0.25, 0.3) is 11.3 Å².